The molecule has 0 saturated carbocycles. The van der Waals surface area contributed by atoms with E-state index < -0.39 is 0 Å². The quantitative estimate of drug-likeness (QED) is 0.759. The van der Waals surface area contributed by atoms with Crippen LogP contribution >= 0.6 is 0 Å². The Morgan fingerprint density at radius 2 is 2.00 bits per heavy atom. The average molecular weight is 222 g/mol. The van der Waals surface area contributed by atoms with Crippen molar-refractivity contribution < 1.29 is 0 Å². The smallest absolute Gasteiger partial charge is 0.245 e. The van der Waals surface area contributed by atoms with E-state index in [1.807, 2.05) is 7.05 Å². The molecule has 6 heteroatoms. The van der Waals surface area contributed by atoms with Crippen LogP contribution in [0.4, 0.5) is 5.95 Å². The molecule has 16 heavy (non-hydrogen) atoms. The number of anilines is 1. The zero-order chi connectivity index (χ0) is 11.1. The summed E-state index contributed by atoms with van der Waals surface area (Å²) >= 11 is 0. The van der Waals surface area contributed by atoms with Crippen LogP contribution in [0.25, 0.3) is 0 Å². The topological polar surface area (TPSA) is 58.9 Å². The summed E-state index contributed by atoms with van der Waals surface area (Å²) in [7, 11) is 3.99. The van der Waals surface area contributed by atoms with Crippen molar-refractivity contribution in [2.75, 3.05) is 11.9 Å². The molecule has 2 unspecified atom stereocenters. The summed E-state index contributed by atoms with van der Waals surface area (Å²) in [5.41, 5.74) is 0. The number of nitrogens with zero attached hydrogens (tertiary/aromatic N) is 5. The number of fused-ring (bicyclic) bond motifs is 2. The van der Waals surface area contributed by atoms with Gasteiger partial charge in [0.25, 0.3) is 0 Å². The molecule has 3 rings (SSSR count). The van der Waals surface area contributed by atoms with Gasteiger partial charge in [-0.05, 0) is 36.1 Å². The van der Waals surface area contributed by atoms with Gasteiger partial charge in [-0.1, -0.05) is 5.10 Å². The lowest BCUT2D eigenvalue weighted by molar-refractivity contribution is 0.351. The zero-order valence-electron chi connectivity index (χ0n) is 9.80. The lowest BCUT2D eigenvalue weighted by atomic mass is 9.99. The molecule has 88 valence electrons. The molecule has 0 radical (unpaired) electrons. The first-order valence-electron chi connectivity index (χ1n) is 5.95. The highest BCUT2D eigenvalue weighted by Crippen LogP contribution is 2.30. The summed E-state index contributed by atoms with van der Waals surface area (Å²) in [4.78, 5) is 2.23. The maximum absolute atomic E-state index is 4.07. The summed E-state index contributed by atoms with van der Waals surface area (Å²) < 4.78 is 1.74. The van der Waals surface area contributed by atoms with E-state index in [2.05, 4.69) is 32.8 Å². The largest absolute Gasteiger partial charge is 0.340 e. The van der Waals surface area contributed by atoms with E-state index in [1.165, 1.54) is 25.7 Å². The van der Waals surface area contributed by atoms with E-state index in [1.54, 1.807) is 4.68 Å². The molecule has 2 aliphatic rings. The van der Waals surface area contributed by atoms with Crippen molar-refractivity contribution in [3.05, 3.63) is 0 Å². The second-order valence-electron chi connectivity index (χ2n) is 4.98. The lowest BCUT2D eigenvalue weighted by Crippen LogP contribution is -2.47. The first-order chi connectivity index (χ1) is 7.74. The van der Waals surface area contributed by atoms with Gasteiger partial charge in [-0.25, -0.2) is 4.68 Å². The van der Waals surface area contributed by atoms with Gasteiger partial charge >= 0.3 is 0 Å². The van der Waals surface area contributed by atoms with Gasteiger partial charge in [0.05, 0.1) is 0 Å². The second-order valence-corrected chi connectivity index (χ2v) is 4.98. The fourth-order valence-electron chi connectivity index (χ4n) is 3.03. The van der Waals surface area contributed by atoms with Crippen LogP contribution in [0.15, 0.2) is 0 Å². The fourth-order valence-corrected chi connectivity index (χ4v) is 3.03. The molecule has 0 aliphatic carbocycles. The summed E-state index contributed by atoms with van der Waals surface area (Å²) in [5.74, 6) is 0.867. The van der Waals surface area contributed by atoms with E-state index in [-0.39, 0.29) is 0 Å². The Morgan fingerprint density at radius 3 is 2.56 bits per heavy atom. The molecular formula is C10H18N6. The first-order valence-corrected chi connectivity index (χ1v) is 5.95. The minimum Gasteiger partial charge on any atom is -0.340 e. The number of hydrogen-bond acceptors (Lipinski definition) is 5. The summed E-state index contributed by atoms with van der Waals surface area (Å²) in [6.45, 7) is 0. The summed E-state index contributed by atoms with van der Waals surface area (Å²) in [5, 5.41) is 15.3. The van der Waals surface area contributed by atoms with E-state index >= 15 is 0 Å². The molecule has 0 aromatic carbocycles. The molecule has 1 N–H and O–H groups in total. The molecule has 2 bridgehead atoms. The van der Waals surface area contributed by atoms with Crippen molar-refractivity contribution >= 4 is 5.95 Å². The maximum atomic E-state index is 4.07. The third-order valence-corrected chi connectivity index (χ3v) is 3.91. The van der Waals surface area contributed by atoms with E-state index in [4.69, 9.17) is 0 Å². The molecule has 0 spiro atoms. The molecule has 2 fully saturated rings. The Labute approximate surface area is 95.0 Å². The Morgan fingerprint density at radius 1 is 1.31 bits per heavy atom. The van der Waals surface area contributed by atoms with E-state index in [0.717, 1.165) is 5.95 Å². The molecule has 3 heterocycles. The predicted octanol–water partition coefficient (Wildman–Crippen LogP) is -0.0707. The minimum atomic E-state index is 0.573. The predicted molar refractivity (Wildman–Crippen MR) is 60.2 cm³/mol. The number of nitrogens with one attached hydrogen (secondary N) is 1. The number of hydrogen-bond donors (Lipinski definition) is 1. The van der Waals surface area contributed by atoms with Crippen LogP contribution in [-0.2, 0) is 7.05 Å². The van der Waals surface area contributed by atoms with Gasteiger partial charge in [-0.2, -0.15) is 0 Å². The average Bonchev–Trinajstić information content (AvgIpc) is 2.84. The number of piperidine rings is 1. The Hall–Kier alpha value is -1.17. The zero-order valence-corrected chi connectivity index (χ0v) is 9.80. The van der Waals surface area contributed by atoms with E-state index in [9.17, 15) is 0 Å². The Kier molecular flexibility index (Phi) is 2.31. The van der Waals surface area contributed by atoms with Crippen LogP contribution < -0.4 is 10.2 Å². The van der Waals surface area contributed by atoms with Gasteiger partial charge in [0.2, 0.25) is 5.95 Å². The first kappa shape index (κ1) is 10.0. The number of rotatable bonds is 2. The van der Waals surface area contributed by atoms with E-state index in [0.29, 0.717) is 18.1 Å². The van der Waals surface area contributed by atoms with Crippen molar-refractivity contribution in [1.82, 2.24) is 25.5 Å². The highest BCUT2D eigenvalue weighted by Gasteiger charge is 2.36. The fraction of sp³-hybridized carbons (Fsp3) is 0.900. The highest BCUT2D eigenvalue weighted by molar-refractivity contribution is 5.29. The van der Waals surface area contributed by atoms with Crippen LogP contribution in [0.3, 0.4) is 0 Å². The summed E-state index contributed by atoms with van der Waals surface area (Å²) in [6, 6.07) is 1.98. The molecule has 0 amide bonds. The van der Waals surface area contributed by atoms with Crippen molar-refractivity contribution in [2.45, 2.75) is 43.8 Å². The molecule has 2 atom stereocenters. The van der Waals surface area contributed by atoms with Gasteiger partial charge in [0.15, 0.2) is 0 Å². The van der Waals surface area contributed by atoms with Gasteiger partial charge in [0, 0.05) is 32.2 Å². The number of aromatic nitrogens is 4. The second kappa shape index (κ2) is 3.69. The molecule has 6 nitrogen and oxygen atoms in total. The third kappa shape index (κ3) is 1.57. The van der Waals surface area contributed by atoms with Gasteiger partial charge in [-0.15, -0.1) is 0 Å². The van der Waals surface area contributed by atoms with Crippen LogP contribution in [0, 0.1) is 0 Å². The number of aryl methyl sites for hydroxylation is 1. The van der Waals surface area contributed by atoms with Crippen LogP contribution in [0.1, 0.15) is 25.7 Å². The van der Waals surface area contributed by atoms with Crippen molar-refractivity contribution in [2.24, 2.45) is 7.05 Å². The monoisotopic (exact) mass is 222 g/mol. The third-order valence-electron chi connectivity index (χ3n) is 3.91. The molecule has 1 aromatic heterocycles. The normalized spacial score (nSPS) is 33.0. The maximum Gasteiger partial charge on any atom is 0.245 e. The lowest BCUT2D eigenvalue weighted by Gasteiger charge is -2.35. The Balaban J connectivity index is 1.76. The molecule has 2 saturated heterocycles. The Bertz CT molecular complexity index is 363. The molecule has 2 aliphatic heterocycles. The van der Waals surface area contributed by atoms with Crippen LogP contribution in [0.5, 0.6) is 0 Å². The van der Waals surface area contributed by atoms with Gasteiger partial charge < -0.3 is 10.2 Å². The summed E-state index contributed by atoms with van der Waals surface area (Å²) in [6.07, 6.45) is 5.07. The highest BCUT2D eigenvalue weighted by atomic mass is 15.6. The minimum absolute atomic E-state index is 0.573. The van der Waals surface area contributed by atoms with Crippen LogP contribution in [-0.4, -0.2) is 45.4 Å². The van der Waals surface area contributed by atoms with Crippen molar-refractivity contribution in [1.29, 1.82) is 0 Å². The van der Waals surface area contributed by atoms with Crippen molar-refractivity contribution in [3.63, 3.8) is 0 Å². The number of tetrazole rings is 1. The van der Waals surface area contributed by atoms with Crippen LogP contribution in [0.2, 0.25) is 0 Å². The standard InChI is InChI=1S/C10H18N6/c1-15(10-12-13-14-16(10)2)9-5-7-3-4-8(6-9)11-7/h7-9,11H,3-6H2,1-2H3. The SMILES string of the molecule is CN(c1nnnn1C)C1CC2CCC(C1)N2. The van der Waals surface area contributed by atoms with Gasteiger partial charge in [-0.3, -0.25) is 0 Å². The molecule has 1 aromatic rings. The van der Waals surface area contributed by atoms with Crippen molar-refractivity contribution in [3.8, 4) is 0 Å². The van der Waals surface area contributed by atoms with Gasteiger partial charge in [0.1, 0.15) is 0 Å². The molecular weight excluding hydrogens is 204 g/mol.